The molecule has 1 aromatic heterocycles. The van der Waals surface area contributed by atoms with Crippen LogP contribution in [-0.4, -0.2) is 142 Å². The summed E-state index contributed by atoms with van der Waals surface area (Å²) in [4.78, 5) is 26.2. The van der Waals surface area contributed by atoms with E-state index in [-0.39, 0.29) is 51.0 Å². The zero-order valence-electron chi connectivity index (χ0n) is 31.1. The van der Waals surface area contributed by atoms with E-state index in [2.05, 4.69) is 0 Å². The molecule has 4 aromatic rings. The highest BCUT2D eigenvalue weighted by molar-refractivity contribution is 5.89. The number of fused-ring (bicyclic) bond motifs is 1. The molecule has 19 nitrogen and oxygen atoms in total. The molecule has 10 atom stereocenters. The van der Waals surface area contributed by atoms with E-state index < -0.39 is 91.6 Å². The molecule has 2 aliphatic heterocycles. The Morgan fingerprint density at radius 3 is 2.02 bits per heavy atom. The van der Waals surface area contributed by atoms with Gasteiger partial charge in [-0.3, -0.25) is 4.79 Å². The molecule has 58 heavy (non-hydrogen) atoms. The van der Waals surface area contributed by atoms with Crippen molar-refractivity contribution >= 4 is 23.0 Å². The zero-order chi connectivity index (χ0) is 42.0. The maximum Gasteiger partial charge on any atom is 0.330 e. The van der Waals surface area contributed by atoms with Gasteiger partial charge in [0.05, 0.1) is 33.5 Å². The summed E-state index contributed by atoms with van der Waals surface area (Å²) in [7, 11) is 3.86. The summed E-state index contributed by atoms with van der Waals surface area (Å²) in [6.07, 6.45) is -15.7. The Balaban J connectivity index is 1.27. The van der Waals surface area contributed by atoms with Gasteiger partial charge in [-0.2, -0.15) is 0 Å². The number of carbonyl (C=O) groups excluding carboxylic acids is 1. The van der Waals surface area contributed by atoms with E-state index in [1.165, 1.54) is 69.9 Å². The van der Waals surface area contributed by atoms with E-state index in [4.69, 9.17) is 37.6 Å². The van der Waals surface area contributed by atoms with E-state index in [1.54, 1.807) is 0 Å². The lowest BCUT2D eigenvalue weighted by molar-refractivity contribution is -0.342. The molecule has 10 unspecified atom stereocenters. The number of rotatable bonds is 12. The Morgan fingerprint density at radius 2 is 1.40 bits per heavy atom. The molecule has 2 aliphatic rings. The van der Waals surface area contributed by atoms with Crippen LogP contribution in [0.4, 0.5) is 0 Å². The monoisotopic (exact) mass is 814 g/mol. The molecule has 6 rings (SSSR count). The van der Waals surface area contributed by atoms with Gasteiger partial charge in [-0.25, -0.2) is 4.79 Å². The van der Waals surface area contributed by atoms with Crippen LogP contribution >= 0.6 is 0 Å². The van der Waals surface area contributed by atoms with Gasteiger partial charge in [0.2, 0.25) is 5.75 Å². The lowest BCUT2D eigenvalue weighted by atomic mass is 9.89. The number of carbonyl (C=O) groups is 1. The third-order valence-electron chi connectivity index (χ3n) is 9.78. The first kappa shape index (κ1) is 42.1. The van der Waals surface area contributed by atoms with Gasteiger partial charge >= 0.3 is 5.97 Å². The van der Waals surface area contributed by atoms with E-state index in [0.717, 1.165) is 12.1 Å². The van der Waals surface area contributed by atoms with Gasteiger partial charge in [0.25, 0.3) is 0 Å². The third-order valence-corrected chi connectivity index (χ3v) is 9.78. The second kappa shape index (κ2) is 17.6. The molecule has 2 fully saturated rings. The summed E-state index contributed by atoms with van der Waals surface area (Å²) in [5, 5.41) is 95.8. The van der Waals surface area contributed by atoms with Crippen molar-refractivity contribution in [1.82, 2.24) is 0 Å². The van der Waals surface area contributed by atoms with Gasteiger partial charge < -0.3 is 83.5 Å². The molecule has 312 valence electrons. The van der Waals surface area contributed by atoms with Crippen LogP contribution in [0.1, 0.15) is 17.2 Å². The van der Waals surface area contributed by atoms with Gasteiger partial charge in [-0.05, 0) is 48.0 Å². The number of hydrogen-bond donors (Lipinski definition) is 9. The fraction of sp³-hybridized carbons (Fsp3) is 0.385. The number of aliphatic hydroxyl groups is 6. The van der Waals surface area contributed by atoms with Crippen LogP contribution in [0.25, 0.3) is 28.4 Å². The second-order valence-electron chi connectivity index (χ2n) is 13.3. The number of aromatic hydroxyl groups is 3. The highest BCUT2D eigenvalue weighted by atomic mass is 16.7. The number of benzene rings is 3. The predicted molar refractivity (Wildman–Crippen MR) is 197 cm³/mol. The van der Waals surface area contributed by atoms with Gasteiger partial charge in [-0.15, -0.1) is 0 Å². The van der Waals surface area contributed by atoms with E-state index in [0.29, 0.717) is 11.1 Å². The predicted octanol–water partition coefficient (Wildman–Crippen LogP) is 0.206. The molecule has 0 aliphatic carbocycles. The van der Waals surface area contributed by atoms with Crippen LogP contribution in [-0.2, 0) is 23.7 Å². The third kappa shape index (κ3) is 8.25. The van der Waals surface area contributed by atoms with Crippen molar-refractivity contribution in [1.29, 1.82) is 0 Å². The maximum atomic E-state index is 13.5. The fourth-order valence-electron chi connectivity index (χ4n) is 6.69. The van der Waals surface area contributed by atoms with Crippen molar-refractivity contribution in [2.75, 3.05) is 34.5 Å². The molecule has 0 saturated carbocycles. The Bertz CT molecular complexity index is 2160. The molecule has 2 saturated heterocycles. The van der Waals surface area contributed by atoms with Crippen LogP contribution in [0.15, 0.2) is 63.8 Å². The van der Waals surface area contributed by atoms with Crippen LogP contribution in [0.3, 0.4) is 0 Å². The average molecular weight is 815 g/mol. The summed E-state index contributed by atoms with van der Waals surface area (Å²) in [6.45, 7) is -1.53. The second-order valence-corrected chi connectivity index (χ2v) is 13.3. The lowest BCUT2D eigenvalue weighted by Crippen LogP contribution is -2.63. The molecule has 0 spiro atoms. The van der Waals surface area contributed by atoms with Crippen LogP contribution < -0.4 is 19.6 Å². The quantitative estimate of drug-likeness (QED) is 0.0682. The van der Waals surface area contributed by atoms with Crippen LogP contribution in [0, 0.1) is 0 Å². The number of phenolic OH excluding ortho intramolecular Hbond substituents is 3. The minimum atomic E-state index is -2.01. The van der Waals surface area contributed by atoms with Crippen molar-refractivity contribution in [3.8, 4) is 45.8 Å². The van der Waals surface area contributed by atoms with Crippen molar-refractivity contribution in [3.63, 3.8) is 0 Å². The van der Waals surface area contributed by atoms with Gasteiger partial charge in [-0.1, -0.05) is 0 Å². The van der Waals surface area contributed by atoms with Crippen molar-refractivity contribution in [2.24, 2.45) is 0 Å². The molecule has 3 aromatic carbocycles. The molecular formula is C39H42O19. The Labute approximate surface area is 328 Å². The van der Waals surface area contributed by atoms with Gasteiger partial charge in [0.1, 0.15) is 95.5 Å². The minimum Gasteiger partial charge on any atom is -0.508 e. The Morgan fingerprint density at radius 1 is 0.759 bits per heavy atom. The maximum absolute atomic E-state index is 13.5. The van der Waals surface area contributed by atoms with Crippen LogP contribution in [0.2, 0.25) is 0 Å². The largest absolute Gasteiger partial charge is 0.508 e. The lowest BCUT2D eigenvalue weighted by Gasteiger charge is -2.46. The first-order chi connectivity index (χ1) is 27.7. The molecule has 0 bridgehead atoms. The number of methoxy groups -OCH3 is 3. The van der Waals surface area contributed by atoms with Crippen LogP contribution in [0.5, 0.6) is 34.5 Å². The number of phenols is 3. The van der Waals surface area contributed by atoms with Gasteiger partial charge in [0, 0.05) is 23.8 Å². The minimum absolute atomic E-state index is 0.0242. The molecule has 0 amide bonds. The molecule has 9 N–H and O–H groups in total. The standard InChI is InChI=1S/C39H42O19/c1-51-21-13-22-28(19(42)12-20(55-22)17-5-7-18(41)8-6-17)33(47)29(21)37-38(35(49)31(45)25(14-40)56-37)58-39-36(50)34(48)32(46)26(57-39)15-54-27(43)9-4-16-10-23(52-2)30(44)24(11-16)53-3/h4-13,25-26,31-32,34-41,44-50H,14-15H2,1-3H3. The van der Waals surface area contributed by atoms with Crippen molar-refractivity contribution in [3.05, 3.63) is 76.0 Å². The SMILES string of the molecule is COc1cc(C=CC(=O)OCC2OC(OC3C(c4c(OC)cc5oc(-c6ccc(O)cc6)cc(=O)c5c4O)OC(CO)C(O)C3O)C(O)C(O)C2O)cc(OC)c1O. The smallest absolute Gasteiger partial charge is 0.330 e. The summed E-state index contributed by atoms with van der Waals surface area (Å²) >= 11 is 0. The summed E-state index contributed by atoms with van der Waals surface area (Å²) < 4.78 is 44.5. The van der Waals surface area contributed by atoms with E-state index in [1.807, 2.05) is 0 Å². The molecule has 3 heterocycles. The Hall–Kier alpha value is -5.48. The number of esters is 1. The first-order valence-corrected chi connectivity index (χ1v) is 17.7. The highest BCUT2D eigenvalue weighted by Gasteiger charge is 2.52. The van der Waals surface area contributed by atoms with E-state index in [9.17, 15) is 55.5 Å². The molecule has 19 heteroatoms. The number of aliphatic hydroxyl groups excluding tert-OH is 6. The molecular weight excluding hydrogens is 772 g/mol. The average Bonchev–Trinajstić information content (AvgIpc) is 3.21. The zero-order valence-corrected chi connectivity index (χ0v) is 31.1. The number of hydrogen-bond acceptors (Lipinski definition) is 19. The van der Waals surface area contributed by atoms with Crippen molar-refractivity contribution in [2.45, 2.75) is 61.2 Å². The topological polar surface area (TPSA) is 294 Å². The van der Waals surface area contributed by atoms with Gasteiger partial charge in [0.15, 0.2) is 23.2 Å². The molecule has 0 radical (unpaired) electrons. The fourth-order valence-corrected chi connectivity index (χ4v) is 6.69. The summed E-state index contributed by atoms with van der Waals surface area (Å²) in [6, 6.07) is 11.0. The van der Waals surface area contributed by atoms with Crippen molar-refractivity contribution < 1.29 is 88.3 Å². The highest BCUT2D eigenvalue weighted by Crippen LogP contribution is 2.47. The summed E-state index contributed by atoms with van der Waals surface area (Å²) in [5.74, 6) is -1.91. The Kier molecular flexibility index (Phi) is 12.8. The van der Waals surface area contributed by atoms with E-state index >= 15 is 0 Å². The number of ether oxygens (including phenoxy) is 7. The summed E-state index contributed by atoms with van der Waals surface area (Å²) in [5.41, 5.74) is -0.367. The normalized spacial score (nSPS) is 27.4. The first-order valence-electron chi connectivity index (χ1n) is 17.7.